The number of anilines is 1. The smallest absolute Gasteiger partial charge is 0.338 e. The number of halogens is 3. The van der Waals surface area contributed by atoms with Crippen molar-refractivity contribution in [3.63, 3.8) is 0 Å². The van der Waals surface area contributed by atoms with Crippen molar-refractivity contribution in [3.05, 3.63) is 48.5 Å². The minimum Gasteiger partial charge on any atom is -0.338 e. The van der Waals surface area contributed by atoms with Crippen LogP contribution in [0.1, 0.15) is 25.1 Å². The summed E-state index contributed by atoms with van der Waals surface area (Å²) < 4.78 is 38.8. The van der Waals surface area contributed by atoms with E-state index in [1.807, 2.05) is 6.07 Å². The second-order valence-electron chi connectivity index (χ2n) is 6.63. The van der Waals surface area contributed by atoms with Crippen LogP contribution in [0.15, 0.2) is 42.7 Å². The van der Waals surface area contributed by atoms with Gasteiger partial charge in [-0.05, 0) is 12.1 Å². The van der Waals surface area contributed by atoms with E-state index < -0.39 is 18.6 Å². The summed E-state index contributed by atoms with van der Waals surface area (Å²) in [6.07, 6.45) is -1.98. The zero-order valence-corrected chi connectivity index (χ0v) is 16.5. The van der Waals surface area contributed by atoms with E-state index in [-0.39, 0.29) is 44.1 Å². The number of alkyl halides is 3. The molecule has 2 amide bonds. The van der Waals surface area contributed by atoms with Crippen molar-refractivity contribution in [2.24, 2.45) is 0 Å². The molecule has 0 N–H and O–H groups in total. The number of para-hydroxylation sites is 1. The van der Waals surface area contributed by atoms with Crippen LogP contribution < -0.4 is 4.90 Å². The fourth-order valence-electron chi connectivity index (χ4n) is 2.84. The van der Waals surface area contributed by atoms with Gasteiger partial charge in [0.1, 0.15) is 12.4 Å². The molecule has 2 rings (SSSR count). The number of rotatable bonds is 9. The average Bonchev–Trinajstić information content (AvgIpc) is 3.11. The molecule has 2 aromatic rings. The van der Waals surface area contributed by atoms with E-state index in [0.29, 0.717) is 5.69 Å². The van der Waals surface area contributed by atoms with Crippen molar-refractivity contribution in [1.29, 1.82) is 5.26 Å². The topological polar surface area (TPSA) is 82.2 Å². The van der Waals surface area contributed by atoms with Crippen LogP contribution in [0.25, 0.3) is 0 Å². The fourth-order valence-corrected chi connectivity index (χ4v) is 2.84. The number of amides is 2. The predicted octanol–water partition coefficient (Wildman–Crippen LogP) is 3.13. The Kier molecular flexibility index (Phi) is 7.98. The Balaban J connectivity index is 1.94. The highest BCUT2D eigenvalue weighted by atomic mass is 19.4. The Bertz CT molecular complexity index is 890. The van der Waals surface area contributed by atoms with E-state index in [0.717, 1.165) is 4.57 Å². The molecular weight excluding hydrogens is 399 g/mol. The SMILES string of the molecule is CN(Cc1nccn1CC(F)(F)F)C(=O)CCC(=O)N(CCC#N)c1ccccc1. The molecule has 7 nitrogen and oxygen atoms in total. The van der Waals surface area contributed by atoms with Crippen LogP contribution in [0.4, 0.5) is 18.9 Å². The quantitative estimate of drug-likeness (QED) is 0.623. The van der Waals surface area contributed by atoms with Crippen molar-refractivity contribution in [2.75, 3.05) is 18.5 Å². The van der Waals surface area contributed by atoms with Crippen LogP contribution >= 0.6 is 0 Å². The van der Waals surface area contributed by atoms with E-state index in [9.17, 15) is 22.8 Å². The first-order chi connectivity index (χ1) is 14.2. The standard InChI is InChI=1S/C20H22F3N5O2/c1-26(14-17-25-11-13-27(17)15-20(21,22)23)18(29)8-9-19(30)28(12-5-10-24)16-6-3-2-4-7-16/h2-4,6-7,11,13H,5,8-9,12,14-15H2,1H3. The third kappa shape index (κ3) is 6.92. The third-order valence-corrected chi connectivity index (χ3v) is 4.32. The Morgan fingerprint density at radius 1 is 1.17 bits per heavy atom. The van der Waals surface area contributed by atoms with E-state index in [1.54, 1.807) is 30.3 Å². The molecule has 0 unspecified atom stereocenters. The lowest BCUT2D eigenvalue weighted by Crippen LogP contribution is -2.34. The Hall–Kier alpha value is -3.35. The van der Waals surface area contributed by atoms with Crippen LogP contribution in [0.2, 0.25) is 0 Å². The van der Waals surface area contributed by atoms with Gasteiger partial charge in [-0.3, -0.25) is 9.59 Å². The molecule has 0 fully saturated rings. The number of aromatic nitrogens is 2. The maximum atomic E-state index is 12.6. The molecule has 0 aliphatic rings. The van der Waals surface area contributed by atoms with Gasteiger partial charge in [0.2, 0.25) is 11.8 Å². The lowest BCUT2D eigenvalue weighted by atomic mass is 10.2. The molecule has 160 valence electrons. The molecule has 0 aliphatic heterocycles. The molecule has 1 aromatic heterocycles. The van der Waals surface area contributed by atoms with Crippen LogP contribution in [-0.2, 0) is 22.7 Å². The second kappa shape index (κ2) is 10.4. The maximum absolute atomic E-state index is 12.6. The molecule has 1 heterocycles. The summed E-state index contributed by atoms with van der Waals surface area (Å²) in [5, 5.41) is 8.82. The van der Waals surface area contributed by atoms with Crippen molar-refractivity contribution in [3.8, 4) is 6.07 Å². The minimum absolute atomic E-state index is 0.0828. The monoisotopic (exact) mass is 421 g/mol. The maximum Gasteiger partial charge on any atom is 0.406 e. The van der Waals surface area contributed by atoms with Crippen molar-refractivity contribution < 1.29 is 22.8 Å². The predicted molar refractivity (Wildman–Crippen MR) is 103 cm³/mol. The van der Waals surface area contributed by atoms with Crippen LogP contribution in [0.3, 0.4) is 0 Å². The molecule has 0 atom stereocenters. The lowest BCUT2D eigenvalue weighted by molar-refractivity contribution is -0.141. The summed E-state index contributed by atoms with van der Waals surface area (Å²) in [6.45, 7) is -1.08. The van der Waals surface area contributed by atoms with Crippen LogP contribution in [0, 0.1) is 11.3 Å². The number of hydrogen-bond donors (Lipinski definition) is 0. The average molecular weight is 421 g/mol. The van der Waals surface area contributed by atoms with Gasteiger partial charge in [-0.25, -0.2) is 4.98 Å². The Morgan fingerprint density at radius 3 is 2.47 bits per heavy atom. The Morgan fingerprint density at radius 2 is 1.83 bits per heavy atom. The number of nitriles is 1. The van der Waals surface area contributed by atoms with E-state index in [2.05, 4.69) is 4.98 Å². The fraction of sp³-hybridized carbons (Fsp3) is 0.400. The molecule has 10 heteroatoms. The summed E-state index contributed by atoms with van der Waals surface area (Å²) in [4.78, 5) is 31.6. The zero-order valence-electron chi connectivity index (χ0n) is 16.5. The summed E-state index contributed by atoms with van der Waals surface area (Å²) in [5.41, 5.74) is 0.632. The summed E-state index contributed by atoms with van der Waals surface area (Å²) in [6, 6.07) is 10.8. The van der Waals surface area contributed by atoms with Crippen LogP contribution in [-0.4, -0.2) is 46.0 Å². The lowest BCUT2D eigenvalue weighted by Gasteiger charge is -2.23. The third-order valence-electron chi connectivity index (χ3n) is 4.32. The summed E-state index contributed by atoms with van der Waals surface area (Å²) >= 11 is 0. The number of nitrogens with zero attached hydrogens (tertiary/aromatic N) is 5. The molecule has 0 bridgehead atoms. The largest absolute Gasteiger partial charge is 0.406 e. The van der Waals surface area contributed by atoms with Gasteiger partial charge in [0, 0.05) is 44.5 Å². The van der Waals surface area contributed by atoms with Gasteiger partial charge in [-0.2, -0.15) is 18.4 Å². The second-order valence-corrected chi connectivity index (χ2v) is 6.63. The van der Waals surface area contributed by atoms with Gasteiger partial charge in [0.25, 0.3) is 0 Å². The van der Waals surface area contributed by atoms with Crippen LogP contribution in [0.5, 0.6) is 0 Å². The van der Waals surface area contributed by atoms with E-state index in [4.69, 9.17) is 5.26 Å². The normalized spacial score (nSPS) is 11.0. The number of benzene rings is 1. The van der Waals surface area contributed by atoms with Gasteiger partial charge >= 0.3 is 6.18 Å². The number of imidazole rings is 1. The molecule has 0 saturated carbocycles. The molecule has 0 spiro atoms. The van der Waals surface area contributed by atoms with Crippen molar-refractivity contribution in [2.45, 2.75) is 38.5 Å². The van der Waals surface area contributed by atoms with Gasteiger partial charge in [-0.1, -0.05) is 18.2 Å². The molecular formula is C20H22F3N5O2. The first kappa shape index (κ1) is 22.9. The van der Waals surface area contributed by atoms with Gasteiger partial charge in [0.15, 0.2) is 0 Å². The van der Waals surface area contributed by atoms with Crippen molar-refractivity contribution in [1.82, 2.24) is 14.5 Å². The number of carbonyl (C=O) groups is 2. The first-order valence-corrected chi connectivity index (χ1v) is 9.24. The molecule has 0 radical (unpaired) electrons. The highest BCUT2D eigenvalue weighted by Gasteiger charge is 2.29. The number of hydrogen-bond acceptors (Lipinski definition) is 4. The molecule has 30 heavy (non-hydrogen) atoms. The summed E-state index contributed by atoms with van der Waals surface area (Å²) in [5.74, 6) is -0.593. The summed E-state index contributed by atoms with van der Waals surface area (Å²) in [7, 11) is 1.45. The minimum atomic E-state index is -4.39. The highest BCUT2D eigenvalue weighted by molar-refractivity contribution is 5.95. The van der Waals surface area contributed by atoms with Gasteiger partial charge in [0.05, 0.1) is 19.0 Å². The van der Waals surface area contributed by atoms with Crippen molar-refractivity contribution >= 4 is 17.5 Å². The zero-order chi connectivity index (χ0) is 22.1. The van der Waals surface area contributed by atoms with E-state index >= 15 is 0 Å². The Labute approximate surface area is 172 Å². The van der Waals surface area contributed by atoms with Gasteiger partial charge in [-0.15, -0.1) is 0 Å². The first-order valence-electron chi connectivity index (χ1n) is 9.24. The molecule has 0 saturated heterocycles. The van der Waals surface area contributed by atoms with E-state index in [1.165, 1.54) is 29.2 Å². The molecule has 1 aromatic carbocycles. The highest BCUT2D eigenvalue weighted by Crippen LogP contribution is 2.19. The number of carbonyl (C=O) groups excluding carboxylic acids is 2. The molecule has 0 aliphatic carbocycles. The van der Waals surface area contributed by atoms with Gasteiger partial charge < -0.3 is 14.4 Å².